The maximum atomic E-state index is 5.89. The molecule has 0 aromatic heterocycles. The fraction of sp³-hybridized carbons (Fsp3) is 1.00. The van der Waals surface area contributed by atoms with Gasteiger partial charge in [-0.05, 0) is 80.7 Å². The zero-order valence-corrected chi connectivity index (χ0v) is 13.1. The Morgan fingerprint density at radius 3 is 1.95 bits per heavy atom. The summed E-state index contributed by atoms with van der Waals surface area (Å²) >= 11 is 0. The summed E-state index contributed by atoms with van der Waals surface area (Å²) < 4.78 is 0. The molecule has 0 spiro atoms. The third-order valence-corrected chi connectivity index (χ3v) is 6.02. The Balaban J connectivity index is 1.63. The van der Waals surface area contributed by atoms with Gasteiger partial charge >= 0.3 is 0 Å². The highest BCUT2D eigenvalue weighted by Crippen LogP contribution is 2.60. The van der Waals surface area contributed by atoms with E-state index < -0.39 is 0 Å². The minimum Gasteiger partial charge on any atom is -0.330 e. The molecule has 0 aromatic carbocycles. The van der Waals surface area contributed by atoms with Gasteiger partial charge in [0.1, 0.15) is 0 Å². The average Bonchev–Trinajstić information content (AvgIpc) is 2.25. The summed E-state index contributed by atoms with van der Waals surface area (Å²) in [6.07, 6.45) is 9.22. The van der Waals surface area contributed by atoms with E-state index in [2.05, 4.69) is 25.8 Å². The first-order chi connectivity index (χ1) is 8.90. The van der Waals surface area contributed by atoms with Gasteiger partial charge in [-0.1, -0.05) is 13.8 Å². The topological polar surface area (TPSA) is 29.3 Å². The van der Waals surface area contributed by atoms with Crippen LogP contribution in [0.3, 0.4) is 0 Å². The van der Waals surface area contributed by atoms with Crippen molar-refractivity contribution in [3.05, 3.63) is 0 Å². The Hall–Kier alpha value is -0.0800. The Kier molecular flexibility index (Phi) is 3.46. The van der Waals surface area contributed by atoms with E-state index in [0.717, 1.165) is 30.8 Å². The van der Waals surface area contributed by atoms with Crippen molar-refractivity contribution in [3.63, 3.8) is 0 Å². The van der Waals surface area contributed by atoms with Crippen LogP contribution in [0.15, 0.2) is 0 Å². The van der Waals surface area contributed by atoms with Crippen molar-refractivity contribution >= 4 is 0 Å². The molecular weight excluding hydrogens is 232 g/mol. The molecule has 0 saturated heterocycles. The summed E-state index contributed by atoms with van der Waals surface area (Å²) in [5.74, 6) is 3.21. The maximum absolute atomic E-state index is 5.89. The number of rotatable bonds is 5. The van der Waals surface area contributed by atoms with Gasteiger partial charge in [-0.2, -0.15) is 0 Å². The first-order valence-electron chi connectivity index (χ1n) is 8.28. The molecule has 4 fully saturated rings. The van der Waals surface area contributed by atoms with Crippen LogP contribution >= 0.6 is 0 Å². The minimum atomic E-state index is 0.261. The molecule has 0 unspecified atom stereocenters. The van der Waals surface area contributed by atoms with E-state index in [1.807, 2.05) is 0 Å². The van der Waals surface area contributed by atoms with E-state index in [-0.39, 0.29) is 5.41 Å². The van der Waals surface area contributed by atoms with Crippen LogP contribution < -0.4 is 5.73 Å². The van der Waals surface area contributed by atoms with Crippen LogP contribution in [0.5, 0.6) is 0 Å². The third-order valence-electron chi connectivity index (χ3n) is 6.02. The van der Waals surface area contributed by atoms with Crippen LogP contribution in [-0.2, 0) is 0 Å². The average molecular weight is 264 g/mol. The van der Waals surface area contributed by atoms with Gasteiger partial charge in [-0.15, -0.1) is 0 Å². The van der Waals surface area contributed by atoms with Gasteiger partial charge in [0, 0.05) is 13.1 Å². The van der Waals surface area contributed by atoms with Crippen molar-refractivity contribution in [1.29, 1.82) is 0 Å². The monoisotopic (exact) mass is 264 g/mol. The van der Waals surface area contributed by atoms with Gasteiger partial charge in [0.05, 0.1) is 0 Å². The minimum absolute atomic E-state index is 0.261. The summed E-state index contributed by atoms with van der Waals surface area (Å²) in [5, 5.41) is 0. The second kappa shape index (κ2) is 4.73. The van der Waals surface area contributed by atoms with Crippen LogP contribution in [-0.4, -0.2) is 31.6 Å². The predicted octanol–water partition coefficient (Wildman–Crippen LogP) is 3.12. The third kappa shape index (κ3) is 2.85. The summed E-state index contributed by atoms with van der Waals surface area (Å²) in [4.78, 5) is 2.58. The molecule has 110 valence electrons. The van der Waals surface area contributed by atoms with Crippen molar-refractivity contribution in [2.75, 3.05) is 26.7 Å². The van der Waals surface area contributed by atoms with Gasteiger partial charge < -0.3 is 10.6 Å². The molecule has 4 aliphatic rings. The van der Waals surface area contributed by atoms with Crippen molar-refractivity contribution in [2.24, 2.45) is 34.3 Å². The van der Waals surface area contributed by atoms with E-state index >= 15 is 0 Å². The lowest BCUT2D eigenvalue weighted by molar-refractivity contribution is -0.0687. The molecule has 4 bridgehead atoms. The smallest absolute Gasteiger partial charge is 0.00419 e. The van der Waals surface area contributed by atoms with E-state index in [1.165, 1.54) is 25.8 Å². The summed E-state index contributed by atoms with van der Waals surface area (Å²) in [6, 6.07) is 0. The molecule has 0 amide bonds. The molecule has 0 radical (unpaired) electrons. The normalized spacial score (nSPS) is 41.2. The lowest BCUT2D eigenvalue weighted by Crippen LogP contribution is -2.51. The molecule has 19 heavy (non-hydrogen) atoms. The molecule has 0 heterocycles. The molecule has 0 atom stereocenters. The Morgan fingerprint density at radius 2 is 1.53 bits per heavy atom. The summed E-state index contributed by atoms with van der Waals surface area (Å²) in [5.41, 5.74) is 6.82. The largest absolute Gasteiger partial charge is 0.330 e. The highest BCUT2D eigenvalue weighted by atomic mass is 15.1. The van der Waals surface area contributed by atoms with Crippen molar-refractivity contribution < 1.29 is 0 Å². The molecule has 0 aromatic rings. The van der Waals surface area contributed by atoms with Crippen LogP contribution in [0.25, 0.3) is 0 Å². The van der Waals surface area contributed by atoms with E-state index in [9.17, 15) is 0 Å². The Morgan fingerprint density at radius 1 is 1.05 bits per heavy atom. The predicted molar refractivity (Wildman–Crippen MR) is 80.9 cm³/mol. The SMILES string of the molecule is CN(CC(C)(C)CN)CC12CC3CC(CC(C3)C1)C2. The molecule has 2 nitrogen and oxygen atoms in total. The standard InChI is InChI=1S/C17H32N2/c1-16(2,10-18)11-19(3)12-17-7-13-4-14(8-17)6-15(5-13)9-17/h13-15H,4-12,18H2,1-3H3. The van der Waals surface area contributed by atoms with Crippen molar-refractivity contribution in [2.45, 2.75) is 52.4 Å². The van der Waals surface area contributed by atoms with E-state index in [1.54, 1.807) is 19.3 Å². The second-order valence-corrected chi connectivity index (χ2v) is 8.96. The summed E-state index contributed by atoms with van der Waals surface area (Å²) in [6.45, 7) is 7.84. The fourth-order valence-electron chi connectivity index (χ4n) is 5.91. The fourth-order valence-corrected chi connectivity index (χ4v) is 5.91. The number of nitrogens with zero attached hydrogens (tertiary/aromatic N) is 1. The molecular formula is C17H32N2. The van der Waals surface area contributed by atoms with Crippen LogP contribution in [0.2, 0.25) is 0 Å². The number of hydrogen-bond donors (Lipinski definition) is 1. The van der Waals surface area contributed by atoms with Gasteiger partial charge in [0.15, 0.2) is 0 Å². The second-order valence-electron chi connectivity index (χ2n) is 8.96. The lowest BCUT2D eigenvalue weighted by Gasteiger charge is -2.58. The molecule has 4 rings (SSSR count). The van der Waals surface area contributed by atoms with Crippen LogP contribution in [0, 0.1) is 28.6 Å². The zero-order valence-electron chi connectivity index (χ0n) is 13.1. The Bertz CT molecular complexity index is 299. The quantitative estimate of drug-likeness (QED) is 0.826. The number of hydrogen-bond acceptors (Lipinski definition) is 2. The zero-order chi connectivity index (χ0) is 13.7. The van der Waals surface area contributed by atoms with Gasteiger partial charge in [0.25, 0.3) is 0 Å². The summed E-state index contributed by atoms with van der Waals surface area (Å²) in [7, 11) is 2.32. The molecule has 4 saturated carbocycles. The maximum Gasteiger partial charge on any atom is 0.00419 e. The first-order valence-corrected chi connectivity index (χ1v) is 8.28. The van der Waals surface area contributed by atoms with Crippen molar-refractivity contribution in [3.8, 4) is 0 Å². The molecule has 0 aliphatic heterocycles. The van der Waals surface area contributed by atoms with Crippen LogP contribution in [0.4, 0.5) is 0 Å². The Labute approximate surface area is 119 Å². The highest BCUT2D eigenvalue weighted by molar-refractivity contribution is 5.02. The van der Waals surface area contributed by atoms with Crippen molar-refractivity contribution in [1.82, 2.24) is 4.90 Å². The highest BCUT2D eigenvalue weighted by Gasteiger charge is 2.51. The molecule has 2 N–H and O–H groups in total. The lowest BCUT2D eigenvalue weighted by atomic mass is 9.49. The van der Waals surface area contributed by atoms with E-state index in [0.29, 0.717) is 5.41 Å². The van der Waals surface area contributed by atoms with Gasteiger partial charge in [-0.3, -0.25) is 0 Å². The van der Waals surface area contributed by atoms with E-state index in [4.69, 9.17) is 5.73 Å². The molecule has 2 heteroatoms. The molecule has 4 aliphatic carbocycles. The van der Waals surface area contributed by atoms with Crippen LogP contribution in [0.1, 0.15) is 52.4 Å². The van der Waals surface area contributed by atoms with Gasteiger partial charge in [-0.25, -0.2) is 0 Å². The first kappa shape index (κ1) is 13.9. The van der Waals surface area contributed by atoms with Gasteiger partial charge in [0.2, 0.25) is 0 Å². The number of nitrogens with two attached hydrogens (primary N) is 1.